The van der Waals surface area contributed by atoms with Gasteiger partial charge in [-0.3, -0.25) is 14.8 Å². The van der Waals surface area contributed by atoms with Gasteiger partial charge in [0.2, 0.25) is 0 Å². The second-order valence-corrected chi connectivity index (χ2v) is 6.23. The second kappa shape index (κ2) is 5.29. The maximum absolute atomic E-state index is 12.1. The number of anilines is 1. The van der Waals surface area contributed by atoms with Crippen molar-refractivity contribution in [1.82, 2.24) is 14.8 Å². The van der Waals surface area contributed by atoms with Crippen LogP contribution in [0.25, 0.3) is 10.2 Å². The summed E-state index contributed by atoms with van der Waals surface area (Å²) in [7, 11) is 1.78. The lowest BCUT2D eigenvalue weighted by Crippen LogP contribution is -2.12. The Morgan fingerprint density at radius 3 is 2.81 bits per heavy atom. The molecular formula is C15H16N4OS. The molecule has 0 saturated heterocycles. The van der Waals surface area contributed by atoms with Gasteiger partial charge in [0.25, 0.3) is 5.91 Å². The molecule has 3 rings (SSSR count). The van der Waals surface area contributed by atoms with Crippen molar-refractivity contribution in [2.45, 2.75) is 19.8 Å². The molecule has 0 atom stereocenters. The van der Waals surface area contributed by atoms with Crippen molar-refractivity contribution in [3.63, 3.8) is 0 Å². The maximum Gasteiger partial charge on any atom is 0.277 e. The van der Waals surface area contributed by atoms with E-state index in [4.69, 9.17) is 0 Å². The van der Waals surface area contributed by atoms with Gasteiger partial charge < -0.3 is 0 Å². The second-order valence-electron chi connectivity index (χ2n) is 5.20. The van der Waals surface area contributed by atoms with Crippen LogP contribution in [0.15, 0.2) is 30.5 Å². The Morgan fingerprint density at radius 1 is 1.33 bits per heavy atom. The summed E-state index contributed by atoms with van der Waals surface area (Å²) in [6, 6.07) is 7.81. The van der Waals surface area contributed by atoms with Crippen molar-refractivity contribution in [3.8, 4) is 0 Å². The maximum atomic E-state index is 12.1. The smallest absolute Gasteiger partial charge is 0.277 e. The number of hydrogen-bond acceptors (Lipinski definition) is 4. The van der Waals surface area contributed by atoms with Gasteiger partial charge in [-0.05, 0) is 23.6 Å². The van der Waals surface area contributed by atoms with Gasteiger partial charge in [0.15, 0.2) is 10.8 Å². The van der Waals surface area contributed by atoms with Crippen LogP contribution in [-0.4, -0.2) is 20.7 Å². The van der Waals surface area contributed by atoms with Crippen LogP contribution in [0.3, 0.4) is 0 Å². The number of amides is 1. The first-order valence-electron chi connectivity index (χ1n) is 6.75. The monoisotopic (exact) mass is 300 g/mol. The average Bonchev–Trinajstić information content (AvgIpc) is 3.03. The molecule has 1 amide bonds. The molecule has 5 nitrogen and oxygen atoms in total. The third-order valence-electron chi connectivity index (χ3n) is 3.24. The van der Waals surface area contributed by atoms with E-state index in [1.807, 2.05) is 12.1 Å². The van der Waals surface area contributed by atoms with Crippen LogP contribution in [0.2, 0.25) is 0 Å². The summed E-state index contributed by atoms with van der Waals surface area (Å²) in [5.41, 5.74) is 2.55. The van der Waals surface area contributed by atoms with E-state index in [1.165, 1.54) is 16.9 Å². The number of thiazole rings is 1. The largest absolute Gasteiger partial charge is 0.296 e. The molecule has 0 unspecified atom stereocenters. The number of nitrogens with zero attached hydrogens (tertiary/aromatic N) is 3. The molecule has 0 aliphatic carbocycles. The zero-order valence-corrected chi connectivity index (χ0v) is 12.9. The van der Waals surface area contributed by atoms with Crippen LogP contribution in [0.4, 0.5) is 5.13 Å². The third-order valence-corrected chi connectivity index (χ3v) is 4.17. The quantitative estimate of drug-likeness (QED) is 0.806. The van der Waals surface area contributed by atoms with E-state index in [9.17, 15) is 4.79 Å². The minimum Gasteiger partial charge on any atom is -0.296 e. The predicted octanol–water partition coefficient (Wildman–Crippen LogP) is 3.41. The molecule has 2 heterocycles. The fraction of sp³-hybridized carbons (Fsp3) is 0.267. The van der Waals surface area contributed by atoms with Crippen LogP contribution in [0, 0.1) is 0 Å². The molecule has 0 spiro atoms. The molecule has 0 saturated carbocycles. The van der Waals surface area contributed by atoms with Crippen LogP contribution >= 0.6 is 11.3 Å². The molecule has 21 heavy (non-hydrogen) atoms. The highest BCUT2D eigenvalue weighted by molar-refractivity contribution is 7.22. The van der Waals surface area contributed by atoms with Crippen molar-refractivity contribution in [2.24, 2.45) is 7.05 Å². The molecule has 0 bridgehead atoms. The van der Waals surface area contributed by atoms with Gasteiger partial charge in [-0.25, -0.2) is 4.98 Å². The summed E-state index contributed by atoms with van der Waals surface area (Å²) in [4.78, 5) is 16.7. The predicted molar refractivity (Wildman–Crippen MR) is 84.9 cm³/mol. The van der Waals surface area contributed by atoms with Crippen molar-refractivity contribution < 1.29 is 4.79 Å². The number of rotatable bonds is 3. The molecule has 0 radical (unpaired) electrons. The first-order valence-corrected chi connectivity index (χ1v) is 7.56. The molecule has 6 heteroatoms. The van der Waals surface area contributed by atoms with E-state index in [-0.39, 0.29) is 5.91 Å². The average molecular weight is 300 g/mol. The normalized spacial score (nSPS) is 11.2. The summed E-state index contributed by atoms with van der Waals surface area (Å²) < 4.78 is 2.68. The number of carbonyl (C=O) groups is 1. The molecule has 0 aliphatic heterocycles. The number of aromatic nitrogens is 3. The molecule has 108 valence electrons. The zero-order chi connectivity index (χ0) is 15.0. The first kappa shape index (κ1) is 13.8. The van der Waals surface area contributed by atoms with Gasteiger partial charge in [0.1, 0.15) is 0 Å². The van der Waals surface area contributed by atoms with Gasteiger partial charge in [-0.1, -0.05) is 37.3 Å². The summed E-state index contributed by atoms with van der Waals surface area (Å²) in [6.45, 7) is 4.28. The summed E-state index contributed by atoms with van der Waals surface area (Å²) in [6.07, 6.45) is 1.74. The molecule has 1 aromatic carbocycles. The van der Waals surface area contributed by atoms with Gasteiger partial charge >= 0.3 is 0 Å². The SMILES string of the molecule is CC(C)c1cccc2sc(NC(=O)c3ccn(C)n3)nc12. The minimum absolute atomic E-state index is 0.235. The van der Waals surface area contributed by atoms with Crippen molar-refractivity contribution in [1.29, 1.82) is 0 Å². The standard InChI is InChI=1S/C15H16N4OS/c1-9(2)10-5-4-6-12-13(10)16-15(21-12)17-14(20)11-7-8-19(3)18-11/h4-9H,1-3H3,(H,16,17,20). The highest BCUT2D eigenvalue weighted by Crippen LogP contribution is 2.31. The first-order chi connectivity index (χ1) is 10.0. The zero-order valence-electron chi connectivity index (χ0n) is 12.1. The summed E-state index contributed by atoms with van der Waals surface area (Å²) in [5.74, 6) is 0.163. The van der Waals surface area contributed by atoms with E-state index in [2.05, 4.69) is 35.3 Å². The fourth-order valence-corrected chi connectivity index (χ4v) is 3.08. The topological polar surface area (TPSA) is 59.8 Å². The highest BCUT2D eigenvalue weighted by Gasteiger charge is 2.14. The molecule has 0 aliphatic rings. The number of carbonyl (C=O) groups excluding carboxylic acids is 1. The van der Waals surface area contributed by atoms with Crippen LogP contribution in [-0.2, 0) is 7.05 Å². The molecule has 0 fully saturated rings. The van der Waals surface area contributed by atoms with E-state index in [0.717, 1.165) is 10.2 Å². The van der Waals surface area contributed by atoms with Gasteiger partial charge in [0.05, 0.1) is 10.2 Å². The minimum atomic E-state index is -0.235. The number of hydrogen-bond donors (Lipinski definition) is 1. The van der Waals surface area contributed by atoms with E-state index >= 15 is 0 Å². The Kier molecular flexibility index (Phi) is 3.47. The lowest BCUT2D eigenvalue weighted by atomic mass is 10.0. The van der Waals surface area contributed by atoms with Crippen molar-refractivity contribution in [2.75, 3.05) is 5.32 Å². The summed E-state index contributed by atoms with van der Waals surface area (Å²) in [5, 5.41) is 7.51. The number of fused-ring (bicyclic) bond motifs is 1. The lowest BCUT2D eigenvalue weighted by molar-refractivity contribution is 0.102. The van der Waals surface area contributed by atoms with Crippen LogP contribution in [0.5, 0.6) is 0 Å². The van der Waals surface area contributed by atoms with Gasteiger partial charge in [0, 0.05) is 13.2 Å². The van der Waals surface area contributed by atoms with Crippen LogP contribution in [0.1, 0.15) is 35.8 Å². The number of benzene rings is 1. The Hall–Kier alpha value is -2.21. The van der Waals surface area contributed by atoms with E-state index < -0.39 is 0 Å². The molecule has 1 N–H and O–H groups in total. The number of aryl methyl sites for hydroxylation is 1. The Morgan fingerprint density at radius 2 is 2.14 bits per heavy atom. The molecule has 2 aromatic heterocycles. The van der Waals surface area contributed by atoms with Gasteiger partial charge in [-0.15, -0.1) is 0 Å². The third kappa shape index (κ3) is 2.67. The summed E-state index contributed by atoms with van der Waals surface area (Å²) >= 11 is 1.48. The Labute approximate surface area is 126 Å². The van der Waals surface area contributed by atoms with Crippen LogP contribution < -0.4 is 5.32 Å². The van der Waals surface area contributed by atoms with Gasteiger partial charge in [-0.2, -0.15) is 5.10 Å². The number of para-hydroxylation sites is 1. The lowest BCUT2D eigenvalue weighted by Gasteiger charge is -2.04. The van der Waals surface area contributed by atoms with E-state index in [0.29, 0.717) is 16.7 Å². The Balaban J connectivity index is 1.91. The number of nitrogens with one attached hydrogen (secondary N) is 1. The van der Waals surface area contributed by atoms with E-state index in [1.54, 1.807) is 24.0 Å². The van der Waals surface area contributed by atoms with Crippen molar-refractivity contribution >= 4 is 32.6 Å². The molecular weight excluding hydrogens is 284 g/mol. The van der Waals surface area contributed by atoms with Crippen molar-refractivity contribution in [3.05, 3.63) is 41.7 Å². The fourth-order valence-electron chi connectivity index (χ4n) is 2.19. The molecule has 3 aromatic rings. The Bertz CT molecular complexity index is 803. The highest BCUT2D eigenvalue weighted by atomic mass is 32.1.